The second kappa shape index (κ2) is 13.1. The highest BCUT2D eigenvalue weighted by Crippen LogP contribution is 2.33. The number of aromatic nitrogens is 1. The molecular formula is C28H29F6N3O2. The Bertz CT molecular complexity index is 1190. The molecule has 0 aliphatic heterocycles. The van der Waals surface area contributed by atoms with Crippen molar-refractivity contribution >= 4 is 5.91 Å². The molecule has 0 bridgehead atoms. The van der Waals surface area contributed by atoms with Crippen molar-refractivity contribution in [3.05, 3.63) is 89.7 Å². The van der Waals surface area contributed by atoms with E-state index in [1.165, 1.54) is 32.2 Å². The Labute approximate surface area is 222 Å². The number of halogens is 6. The van der Waals surface area contributed by atoms with E-state index in [0.717, 1.165) is 0 Å². The lowest BCUT2D eigenvalue weighted by molar-refractivity contribution is -0.159. The second-order valence-corrected chi connectivity index (χ2v) is 9.32. The van der Waals surface area contributed by atoms with E-state index in [0.29, 0.717) is 22.3 Å². The van der Waals surface area contributed by atoms with Gasteiger partial charge in [0.2, 0.25) is 0 Å². The topological polar surface area (TPSA) is 63.2 Å². The molecule has 0 spiro atoms. The van der Waals surface area contributed by atoms with E-state index in [1.54, 1.807) is 54.6 Å². The van der Waals surface area contributed by atoms with Crippen LogP contribution in [0.3, 0.4) is 0 Å². The summed E-state index contributed by atoms with van der Waals surface area (Å²) < 4.78 is 85.4. The largest absolute Gasteiger partial charge is 0.409 e. The predicted molar refractivity (Wildman–Crippen MR) is 134 cm³/mol. The van der Waals surface area contributed by atoms with Gasteiger partial charge in [0.15, 0.2) is 0 Å². The lowest BCUT2D eigenvalue weighted by atomic mass is 10.0. The van der Waals surface area contributed by atoms with E-state index in [-0.39, 0.29) is 18.7 Å². The number of carbonyl (C=O) groups is 1. The number of ether oxygens (including phenoxy) is 1. The maximum Gasteiger partial charge on any atom is 0.409 e. The summed E-state index contributed by atoms with van der Waals surface area (Å²) in [5, 5.41) is 4.59. The molecule has 0 saturated carbocycles. The maximum atomic E-state index is 13.7. The Balaban J connectivity index is 1.73. The number of benzene rings is 2. The number of amides is 1. The van der Waals surface area contributed by atoms with Crippen molar-refractivity contribution < 1.29 is 35.9 Å². The molecule has 0 saturated heterocycles. The molecule has 2 N–H and O–H groups in total. The maximum absolute atomic E-state index is 13.7. The molecule has 2 unspecified atom stereocenters. The molecule has 2 aromatic carbocycles. The fraction of sp³-hybridized carbons (Fsp3) is 0.357. The number of rotatable bonds is 12. The smallest absolute Gasteiger partial charge is 0.348 e. The fourth-order valence-electron chi connectivity index (χ4n) is 3.97. The van der Waals surface area contributed by atoms with Crippen LogP contribution in [0.1, 0.15) is 49.2 Å². The zero-order valence-electron chi connectivity index (χ0n) is 21.3. The highest BCUT2D eigenvalue weighted by atomic mass is 19.4. The van der Waals surface area contributed by atoms with E-state index < -0.39 is 43.1 Å². The van der Waals surface area contributed by atoms with Crippen LogP contribution < -0.4 is 10.6 Å². The number of hydrogen-bond acceptors (Lipinski definition) is 4. The SMILES string of the molecule is CC(C)(NC(=O)C(F)F)OC(CCF)c1ccc(-c2ccc(C(NCc3ccccc3)C(F)(F)F)nc2)cc1. The van der Waals surface area contributed by atoms with Crippen molar-refractivity contribution in [1.82, 2.24) is 15.6 Å². The van der Waals surface area contributed by atoms with Gasteiger partial charge in [-0.25, -0.2) is 0 Å². The minimum Gasteiger partial charge on any atom is -0.348 e. The van der Waals surface area contributed by atoms with Crippen LogP contribution in [0, 0.1) is 0 Å². The molecule has 0 radical (unpaired) electrons. The minimum absolute atomic E-state index is 0.0145. The molecule has 11 heteroatoms. The first-order chi connectivity index (χ1) is 18.4. The van der Waals surface area contributed by atoms with Gasteiger partial charge in [0.1, 0.15) is 11.8 Å². The predicted octanol–water partition coefficient (Wildman–Crippen LogP) is 6.68. The van der Waals surface area contributed by atoms with Crippen LogP contribution in [0.2, 0.25) is 0 Å². The third kappa shape index (κ3) is 8.79. The average molecular weight is 554 g/mol. The molecule has 39 heavy (non-hydrogen) atoms. The molecule has 1 amide bonds. The summed E-state index contributed by atoms with van der Waals surface area (Å²) in [5.41, 5.74) is 0.767. The van der Waals surface area contributed by atoms with Crippen LogP contribution in [0.25, 0.3) is 11.1 Å². The average Bonchev–Trinajstić information content (AvgIpc) is 2.88. The third-order valence-corrected chi connectivity index (χ3v) is 5.81. The quantitative estimate of drug-likeness (QED) is 0.194. The molecule has 0 fully saturated rings. The van der Waals surface area contributed by atoms with E-state index in [2.05, 4.69) is 15.6 Å². The molecular weight excluding hydrogens is 524 g/mol. The number of alkyl halides is 6. The Morgan fingerprint density at radius 3 is 2.13 bits per heavy atom. The normalized spacial score (nSPS) is 13.8. The van der Waals surface area contributed by atoms with Crippen LogP contribution in [0.4, 0.5) is 26.3 Å². The Hall–Kier alpha value is -3.44. The summed E-state index contributed by atoms with van der Waals surface area (Å²) in [4.78, 5) is 15.4. The van der Waals surface area contributed by atoms with Gasteiger partial charge in [0.05, 0.1) is 18.5 Å². The minimum atomic E-state index is -4.56. The molecule has 3 aromatic rings. The Morgan fingerprint density at radius 2 is 1.59 bits per heavy atom. The van der Waals surface area contributed by atoms with Crippen LogP contribution in [-0.4, -0.2) is 35.9 Å². The van der Waals surface area contributed by atoms with E-state index in [9.17, 15) is 31.1 Å². The zero-order chi connectivity index (χ0) is 28.6. The molecule has 1 heterocycles. The van der Waals surface area contributed by atoms with E-state index >= 15 is 0 Å². The highest BCUT2D eigenvalue weighted by molar-refractivity contribution is 5.79. The summed E-state index contributed by atoms with van der Waals surface area (Å²) >= 11 is 0. The van der Waals surface area contributed by atoms with Gasteiger partial charge in [-0.2, -0.15) is 22.0 Å². The number of nitrogens with zero attached hydrogens (tertiary/aromatic N) is 1. The molecule has 1 aromatic heterocycles. The summed E-state index contributed by atoms with van der Waals surface area (Å²) in [5.74, 6) is -1.51. The van der Waals surface area contributed by atoms with E-state index in [4.69, 9.17) is 4.74 Å². The van der Waals surface area contributed by atoms with Crippen LogP contribution in [0.15, 0.2) is 72.9 Å². The van der Waals surface area contributed by atoms with Crippen molar-refractivity contribution in [1.29, 1.82) is 0 Å². The van der Waals surface area contributed by atoms with Gasteiger partial charge in [-0.3, -0.25) is 19.5 Å². The van der Waals surface area contributed by atoms with Gasteiger partial charge < -0.3 is 10.1 Å². The molecule has 2 atom stereocenters. The van der Waals surface area contributed by atoms with Crippen molar-refractivity contribution in [3.8, 4) is 11.1 Å². The summed E-state index contributed by atoms with van der Waals surface area (Å²) in [6.07, 6.45) is -7.37. The van der Waals surface area contributed by atoms with Gasteiger partial charge >= 0.3 is 12.6 Å². The Kier molecular flexibility index (Phi) is 10.1. The second-order valence-electron chi connectivity index (χ2n) is 9.32. The number of nitrogens with one attached hydrogen (secondary N) is 2. The van der Waals surface area contributed by atoms with Crippen molar-refractivity contribution in [2.75, 3.05) is 6.67 Å². The molecule has 0 aliphatic carbocycles. The van der Waals surface area contributed by atoms with Crippen LogP contribution in [0.5, 0.6) is 0 Å². The van der Waals surface area contributed by atoms with Gasteiger partial charge in [0.25, 0.3) is 5.91 Å². The summed E-state index contributed by atoms with van der Waals surface area (Å²) in [7, 11) is 0. The van der Waals surface area contributed by atoms with Crippen molar-refractivity contribution in [2.24, 2.45) is 0 Å². The molecule has 5 nitrogen and oxygen atoms in total. The summed E-state index contributed by atoms with van der Waals surface area (Å²) in [6.45, 7) is 2.02. The molecule has 0 aliphatic rings. The lowest BCUT2D eigenvalue weighted by Gasteiger charge is -2.31. The first-order valence-electron chi connectivity index (χ1n) is 12.1. The lowest BCUT2D eigenvalue weighted by Crippen LogP contribution is -2.48. The molecule has 3 rings (SSSR count). The van der Waals surface area contributed by atoms with Gasteiger partial charge in [-0.05, 0) is 36.6 Å². The third-order valence-electron chi connectivity index (χ3n) is 5.81. The monoisotopic (exact) mass is 553 g/mol. The first-order valence-corrected chi connectivity index (χ1v) is 12.1. The highest BCUT2D eigenvalue weighted by Gasteiger charge is 2.41. The molecule has 210 valence electrons. The van der Waals surface area contributed by atoms with Crippen molar-refractivity contribution in [3.63, 3.8) is 0 Å². The Morgan fingerprint density at radius 1 is 0.949 bits per heavy atom. The van der Waals surface area contributed by atoms with E-state index in [1.807, 2.05) is 0 Å². The van der Waals surface area contributed by atoms with Crippen molar-refractivity contribution in [2.45, 2.75) is 57.3 Å². The fourth-order valence-corrected chi connectivity index (χ4v) is 3.97. The van der Waals surface area contributed by atoms with Crippen LogP contribution in [-0.2, 0) is 16.1 Å². The van der Waals surface area contributed by atoms with Gasteiger partial charge in [-0.15, -0.1) is 0 Å². The summed E-state index contributed by atoms with van der Waals surface area (Å²) in [6, 6.07) is 16.2. The number of hydrogen-bond donors (Lipinski definition) is 2. The van der Waals surface area contributed by atoms with Gasteiger partial charge in [0, 0.05) is 24.7 Å². The van der Waals surface area contributed by atoms with Crippen LogP contribution >= 0.6 is 0 Å². The van der Waals surface area contributed by atoms with Gasteiger partial charge in [-0.1, -0.05) is 60.7 Å². The first kappa shape index (κ1) is 30.1. The zero-order valence-corrected chi connectivity index (χ0v) is 21.3. The number of carbonyl (C=O) groups excluding carboxylic acids is 1. The standard InChI is InChI=1S/C28H29F6N3O2/c1-27(2,37-26(38)25(30)31)39-23(14-15-29)20-10-8-19(9-11-20)21-12-13-22(35-17-21)24(28(32,33)34)36-16-18-6-4-3-5-7-18/h3-13,17,23-25,36H,14-16H2,1-2H3,(H,37,38). The number of pyridine rings is 1.